The molecule has 3 rings (SSSR count). The summed E-state index contributed by atoms with van der Waals surface area (Å²) >= 11 is 0. The van der Waals surface area contributed by atoms with Crippen LogP contribution in [0, 0.1) is 5.82 Å². The fraction of sp³-hybridized carbons (Fsp3) is 0.556. The van der Waals surface area contributed by atoms with Crippen molar-refractivity contribution in [2.24, 2.45) is 0 Å². The van der Waals surface area contributed by atoms with Crippen LogP contribution in [0.1, 0.15) is 39.4 Å². The van der Waals surface area contributed by atoms with Crippen LogP contribution in [0.4, 0.5) is 22.4 Å². The van der Waals surface area contributed by atoms with Crippen molar-refractivity contribution in [1.29, 1.82) is 0 Å². The Morgan fingerprint density at radius 3 is 2.21 bits per heavy atom. The number of likely N-dealkylation sites (tertiary alicyclic amines) is 1. The van der Waals surface area contributed by atoms with Crippen LogP contribution < -0.4 is 0 Å². The Morgan fingerprint density at radius 2 is 1.69 bits per heavy atom. The van der Waals surface area contributed by atoms with E-state index in [9.17, 15) is 22.4 Å². The molecule has 0 spiro atoms. The Balaban J connectivity index is 1.83. The van der Waals surface area contributed by atoms with Gasteiger partial charge in [0, 0.05) is 13.1 Å². The molecule has 2 aromatic rings. The van der Waals surface area contributed by atoms with Gasteiger partial charge in [-0.2, -0.15) is 13.2 Å². The highest BCUT2D eigenvalue weighted by Crippen LogP contribution is 2.47. The van der Waals surface area contributed by atoms with Crippen molar-refractivity contribution >= 4 is 6.09 Å². The molecular formula is C18H21F4N5O2. The predicted octanol–water partition coefficient (Wildman–Crippen LogP) is 3.63. The normalized spacial score (nSPS) is 17.3. The number of rotatable bonds is 2. The number of benzene rings is 1. The van der Waals surface area contributed by atoms with Crippen molar-refractivity contribution in [2.75, 3.05) is 13.1 Å². The molecule has 0 saturated carbocycles. The number of amides is 1. The number of carbonyl (C=O) groups excluding carboxylic acids is 1. The van der Waals surface area contributed by atoms with Gasteiger partial charge in [-0.15, -0.1) is 15.0 Å². The third-order valence-corrected chi connectivity index (χ3v) is 4.71. The zero-order valence-electron chi connectivity index (χ0n) is 16.2. The van der Waals surface area contributed by atoms with Crippen molar-refractivity contribution in [1.82, 2.24) is 25.1 Å². The molecule has 7 nitrogen and oxygen atoms in total. The Morgan fingerprint density at radius 1 is 1.10 bits per heavy atom. The van der Waals surface area contributed by atoms with Gasteiger partial charge in [0.15, 0.2) is 5.82 Å². The summed E-state index contributed by atoms with van der Waals surface area (Å²) < 4.78 is 60.4. The fourth-order valence-corrected chi connectivity index (χ4v) is 3.12. The second-order valence-electron chi connectivity index (χ2n) is 7.93. The van der Waals surface area contributed by atoms with Crippen LogP contribution in [-0.4, -0.2) is 56.1 Å². The summed E-state index contributed by atoms with van der Waals surface area (Å²) in [6.45, 7) is 4.75. The largest absolute Gasteiger partial charge is 0.444 e. The number of ether oxygens (including phenoxy) is 1. The van der Waals surface area contributed by atoms with Crippen molar-refractivity contribution in [3.05, 3.63) is 35.9 Å². The second kappa shape index (κ2) is 7.27. The van der Waals surface area contributed by atoms with Crippen LogP contribution in [0.3, 0.4) is 0 Å². The van der Waals surface area contributed by atoms with Crippen LogP contribution >= 0.6 is 0 Å². The molecule has 0 aliphatic carbocycles. The van der Waals surface area contributed by atoms with Gasteiger partial charge in [0.2, 0.25) is 0 Å². The van der Waals surface area contributed by atoms with E-state index in [2.05, 4.69) is 15.4 Å². The number of alkyl halides is 3. The molecule has 0 atom stereocenters. The number of halogens is 4. The molecule has 158 valence electrons. The number of hydrogen-bond acceptors (Lipinski definition) is 5. The number of piperidine rings is 1. The summed E-state index contributed by atoms with van der Waals surface area (Å²) in [7, 11) is 0. The second-order valence-corrected chi connectivity index (χ2v) is 7.93. The molecule has 0 radical (unpaired) electrons. The van der Waals surface area contributed by atoms with Gasteiger partial charge in [-0.25, -0.2) is 9.18 Å². The minimum absolute atomic E-state index is 0.153. The molecule has 0 bridgehead atoms. The zero-order valence-corrected chi connectivity index (χ0v) is 16.2. The lowest BCUT2D eigenvalue weighted by atomic mass is 9.77. The molecule has 0 unspecified atom stereocenters. The quantitative estimate of drug-likeness (QED) is 0.701. The Kier molecular flexibility index (Phi) is 5.26. The molecule has 1 aliphatic heterocycles. The van der Waals surface area contributed by atoms with Gasteiger partial charge in [-0.3, -0.25) is 0 Å². The lowest BCUT2D eigenvalue weighted by Crippen LogP contribution is -2.53. The Bertz CT molecular complexity index is 866. The van der Waals surface area contributed by atoms with E-state index in [1.54, 1.807) is 20.8 Å². The highest BCUT2D eigenvalue weighted by molar-refractivity contribution is 5.68. The standard InChI is InChI=1S/C18H21F4N5O2/c1-16(2,3)29-15(28)26-10-8-17(9-11-26,18(20,21)22)14-23-25-27(24-14)13-6-4-12(19)5-7-13/h4-7H,8-11H2,1-3H3. The van der Waals surface area contributed by atoms with E-state index >= 15 is 0 Å². The maximum Gasteiger partial charge on any atom is 0.410 e. The number of hydrogen-bond donors (Lipinski definition) is 0. The van der Waals surface area contributed by atoms with E-state index in [1.807, 2.05) is 0 Å². The zero-order chi connectivity index (χ0) is 21.4. The van der Waals surface area contributed by atoms with Gasteiger partial charge in [0.25, 0.3) is 0 Å². The first kappa shape index (κ1) is 21.0. The van der Waals surface area contributed by atoms with Crippen LogP contribution in [0.25, 0.3) is 5.69 Å². The average Bonchev–Trinajstić information content (AvgIpc) is 3.10. The highest BCUT2D eigenvalue weighted by Gasteiger charge is 2.60. The molecular weight excluding hydrogens is 394 g/mol. The molecule has 1 amide bonds. The van der Waals surface area contributed by atoms with E-state index in [0.717, 1.165) is 16.9 Å². The number of carbonyl (C=O) groups is 1. The summed E-state index contributed by atoms with van der Waals surface area (Å²) in [6.07, 6.45) is -6.12. The Hall–Kier alpha value is -2.72. The monoisotopic (exact) mass is 415 g/mol. The number of nitrogens with zero attached hydrogens (tertiary/aromatic N) is 5. The van der Waals surface area contributed by atoms with Gasteiger partial charge >= 0.3 is 12.3 Å². The summed E-state index contributed by atoms with van der Waals surface area (Å²) in [5, 5.41) is 11.3. The van der Waals surface area contributed by atoms with Gasteiger partial charge in [0.1, 0.15) is 16.8 Å². The molecule has 0 N–H and O–H groups in total. The van der Waals surface area contributed by atoms with Gasteiger partial charge < -0.3 is 9.64 Å². The predicted molar refractivity (Wildman–Crippen MR) is 93.9 cm³/mol. The lowest BCUT2D eigenvalue weighted by molar-refractivity contribution is -0.204. The van der Waals surface area contributed by atoms with Crippen molar-refractivity contribution < 1.29 is 27.1 Å². The van der Waals surface area contributed by atoms with E-state index in [-0.39, 0.29) is 18.8 Å². The first-order valence-electron chi connectivity index (χ1n) is 9.02. The first-order chi connectivity index (χ1) is 13.4. The third kappa shape index (κ3) is 4.33. The number of tetrazole rings is 1. The van der Waals surface area contributed by atoms with Gasteiger partial charge in [-0.05, 0) is 63.1 Å². The molecule has 2 heterocycles. The summed E-state index contributed by atoms with van der Waals surface area (Å²) in [4.78, 5) is 14.4. The molecule has 1 fully saturated rings. The molecule has 1 aromatic heterocycles. The maximum atomic E-state index is 14.0. The average molecular weight is 415 g/mol. The molecule has 1 aliphatic rings. The fourth-order valence-electron chi connectivity index (χ4n) is 3.12. The van der Waals surface area contributed by atoms with E-state index in [4.69, 9.17) is 4.74 Å². The van der Waals surface area contributed by atoms with Crippen LogP contribution in [0.2, 0.25) is 0 Å². The topological polar surface area (TPSA) is 73.1 Å². The van der Waals surface area contributed by atoms with Crippen molar-refractivity contribution in [3.63, 3.8) is 0 Å². The molecule has 1 aromatic carbocycles. The van der Waals surface area contributed by atoms with Crippen LogP contribution in [0.15, 0.2) is 24.3 Å². The maximum absolute atomic E-state index is 14.0. The van der Waals surface area contributed by atoms with E-state index in [0.29, 0.717) is 0 Å². The molecule has 11 heteroatoms. The van der Waals surface area contributed by atoms with Crippen molar-refractivity contribution in [2.45, 2.75) is 50.8 Å². The summed E-state index contributed by atoms with van der Waals surface area (Å²) in [6, 6.07) is 4.98. The summed E-state index contributed by atoms with van der Waals surface area (Å²) in [5.74, 6) is -0.964. The van der Waals surface area contributed by atoms with Crippen LogP contribution in [0.5, 0.6) is 0 Å². The summed E-state index contributed by atoms with van der Waals surface area (Å²) in [5.41, 5.74) is -2.78. The van der Waals surface area contributed by atoms with E-state index in [1.165, 1.54) is 17.0 Å². The van der Waals surface area contributed by atoms with Crippen molar-refractivity contribution in [3.8, 4) is 5.69 Å². The van der Waals surface area contributed by atoms with Gasteiger partial charge in [0.05, 0.1) is 5.69 Å². The highest BCUT2D eigenvalue weighted by atomic mass is 19.4. The van der Waals surface area contributed by atoms with E-state index < -0.39 is 47.8 Å². The van der Waals surface area contributed by atoms with Crippen LogP contribution in [-0.2, 0) is 10.2 Å². The number of aromatic nitrogens is 4. The SMILES string of the molecule is CC(C)(C)OC(=O)N1CCC(c2nnn(-c3ccc(F)cc3)n2)(C(F)(F)F)CC1. The smallest absolute Gasteiger partial charge is 0.410 e. The molecule has 29 heavy (non-hydrogen) atoms. The van der Waals surface area contributed by atoms with Gasteiger partial charge in [-0.1, -0.05) is 0 Å². The first-order valence-corrected chi connectivity index (χ1v) is 9.02. The minimum Gasteiger partial charge on any atom is -0.444 e. The molecule has 1 saturated heterocycles. The minimum atomic E-state index is -4.64. The lowest BCUT2D eigenvalue weighted by Gasteiger charge is -2.40. The Labute approximate surface area is 164 Å². The third-order valence-electron chi connectivity index (χ3n) is 4.71.